The molecule has 128 valence electrons. The number of hydrazine groups is 1. The van der Waals surface area contributed by atoms with Gasteiger partial charge in [-0.1, -0.05) is 6.07 Å². The zero-order valence-corrected chi connectivity index (χ0v) is 13.9. The number of pyridine rings is 1. The van der Waals surface area contributed by atoms with E-state index in [0.717, 1.165) is 17.0 Å². The van der Waals surface area contributed by atoms with Crippen LogP contribution in [0.1, 0.15) is 33.9 Å². The van der Waals surface area contributed by atoms with Crippen molar-refractivity contribution in [1.29, 1.82) is 0 Å². The third-order valence-electron chi connectivity index (χ3n) is 3.80. The molecule has 0 bridgehead atoms. The number of carbonyl (C=O) groups excluding carboxylic acids is 2. The molecular weight excluding hydrogens is 322 g/mol. The molecule has 0 aromatic carbocycles. The van der Waals surface area contributed by atoms with Gasteiger partial charge >= 0.3 is 0 Å². The first-order chi connectivity index (χ1) is 12.1. The number of nitrogens with zero attached hydrogens (tertiary/aromatic N) is 5. The first-order valence-corrected chi connectivity index (χ1v) is 7.72. The fourth-order valence-corrected chi connectivity index (χ4v) is 2.51. The fourth-order valence-electron chi connectivity index (χ4n) is 2.51. The third-order valence-corrected chi connectivity index (χ3v) is 3.80. The molecule has 0 radical (unpaired) electrons. The van der Waals surface area contributed by atoms with Gasteiger partial charge in [0.15, 0.2) is 0 Å². The van der Waals surface area contributed by atoms with Gasteiger partial charge in [-0.25, -0.2) is 9.50 Å². The number of nitrogens with one attached hydrogen (secondary N) is 2. The van der Waals surface area contributed by atoms with E-state index in [0.29, 0.717) is 12.2 Å². The molecule has 9 nitrogen and oxygen atoms in total. The number of aromatic nitrogens is 5. The van der Waals surface area contributed by atoms with Crippen LogP contribution in [-0.4, -0.2) is 36.4 Å². The summed E-state index contributed by atoms with van der Waals surface area (Å²) in [6, 6.07) is 4.97. The zero-order chi connectivity index (χ0) is 17.8. The number of amides is 2. The number of aryl methyl sites for hydroxylation is 2. The molecule has 0 atom stereocenters. The second-order valence-corrected chi connectivity index (χ2v) is 5.45. The zero-order valence-electron chi connectivity index (χ0n) is 13.9. The van der Waals surface area contributed by atoms with Gasteiger partial charge in [0.25, 0.3) is 11.7 Å². The van der Waals surface area contributed by atoms with E-state index in [1.807, 2.05) is 13.8 Å². The van der Waals surface area contributed by atoms with Gasteiger partial charge in [0.1, 0.15) is 12.0 Å². The Bertz CT molecular complexity index is 921. The molecule has 0 aliphatic heterocycles. The summed E-state index contributed by atoms with van der Waals surface area (Å²) >= 11 is 0. The van der Waals surface area contributed by atoms with Crippen LogP contribution < -0.4 is 10.9 Å². The van der Waals surface area contributed by atoms with E-state index >= 15 is 0 Å². The minimum atomic E-state index is -0.466. The summed E-state index contributed by atoms with van der Waals surface area (Å²) in [5.74, 6) is -0.236. The molecule has 0 unspecified atom stereocenters. The van der Waals surface area contributed by atoms with Crippen LogP contribution in [0.2, 0.25) is 0 Å². The molecular formula is C16H17N7O2. The van der Waals surface area contributed by atoms with Gasteiger partial charge in [-0.2, -0.15) is 10.1 Å². The lowest BCUT2D eigenvalue weighted by molar-refractivity contribution is -0.121. The van der Waals surface area contributed by atoms with Crippen molar-refractivity contribution in [3.05, 3.63) is 53.4 Å². The first-order valence-electron chi connectivity index (χ1n) is 7.72. The molecule has 3 heterocycles. The fraction of sp³-hybridized carbons (Fsp3) is 0.250. The molecule has 0 fully saturated rings. The molecule has 2 amide bonds. The lowest BCUT2D eigenvalue weighted by Gasteiger charge is -2.11. The smallest absolute Gasteiger partial charge is 0.273 e. The highest BCUT2D eigenvalue weighted by atomic mass is 16.2. The highest BCUT2D eigenvalue weighted by molar-refractivity contribution is 5.93. The summed E-state index contributed by atoms with van der Waals surface area (Å²) in [5.41, 5.74) is 7.60. The Hall–Kier alpha value is -3.36. The molecule has 0 spiro atoms. The Morgan fingerprint density at radius 3 is 2.76 bits per heavy atom. The third kappa shape index (κ3) is 3.60. The van der Waals surface area contributed by atoms with Gasteiger partial charge in [-0.05, 0) is 38.0 Å². The highest BCUT2D eigenvalue weighted by Gasteiger charge is 2.13. The predicted octanol–water partition coefficient (Wildman–Crippen LogP) is 0.530. The van der Waals surface area contributed by atoms with Crippen molar-refractivity contribution in [2.75, 3.05) is 0 Å². The number of hydrogen-bond acceptors (Lipinski definition) is 6. The molecule has 3 aromatic heterocycles. The summed E-state index contributed by atoms with van der Waals surface area (Å²) in [5, 5.41) is 4.12. The standard InChI is InChI=1S/C16H17N7O2/c1-10-12(11(2)23-16(20-10)18-9-19-23)6-7-14(24)21-22-15(25)13-5-3-4-8-17-13/h3-5,8-9H,6-7H2,1-2H3,(H,21,24)(H,22,25). The molecule has 9 heteroatoms. The summed E-state index contributed by atoms with van der Waals surface area (Å²) in [7, 11) is 0. The van der Waals surface area contributed by atoms with Crippen LogP contribution >= 0.6 is 0 Å². The van der Waals surface area contributed by atoms with E-state index in [1.165, 1.54) is 12.5 Å². The quantitative estimate of drug-likeness (QED) is 0.670. The van der Waals surface area contributed by atoms with Gasteiger partial charge in [-0.3, -0.25) is 25.4 Å². The number of fused-ring (bicyclic) bond motifs is 1. The van der Waals surface area contributed by atoms with Crippen LogP contribution in [0.25, 0.3) is 5.78 Å². The van der Waals surface area contributed by atoms with Crippen LogP contribution in [-0.2, 0) is 11.2 Å². The van der Waals surface area contributed by atoms with Crippen molar-refractivity contribution in [3.8, 4) is 0 Å². The molecule has 3 rings (SSSR count). The van der Waals surface area contributed by atoms with Gasteiger partial charge in [0.05, 0.1) is 0 Å². The molecule has 0 saturated carbocycles. The van der Waals surface area contributed by atoms with Gasteiger partial charge < -0.3 is 0 Å². The Morgan fingerprint density at radius 2 is 2.00 bits per heavy atom. The van der Waals surface area contributed by atoms with Crippen LogP contribution in [0.15, 0.2) is 30.7 Å². The van der Waals surface area contributed by atoms with Crippen molar-refractivity contribution in [1.82, 2.24) is 35.4 Å². The van der Waals surface area contributed by atoms with E-state index < -0.39 is 5.91 Å². The highest BCUT2D eigenvalue weighted by Crippen LogP contribution is 2.14. The maximum absolute atomic E-state index is 12.0. The Labute approximate surface area is 143 Å². The first kappa shape index (κ1) is 16.5. The van der Waals surface area contributed by atoms with Crippen molar-refractivity contribution in [2.45, 2.75) is 26.7 Å². The summed E-state index contributed by atoms with van der Waals surface area (Å²) in [6.45, 7) is 3.78. The predicted molar refractivity (Wildman–Crippen MR) is 88.4 cm³/mol. The normalized spacial score (nSPS) is 10.6. The average Bonchev–Trinajstić information content (AvgIpc) is 3.08. The average molecular weight is 339 g/mol. The molecule has 0 aliphatic carbocycles. The number of rotatable bonds is 4. The lowest BCUT2D eigenvalue weighted by Crippen LogP contribution is -2.42. The Balaban J connectivity index is 1.58. The van der Waals surface area contributed by atoms with Crippen molar-refractivity contribution >= 4 is 17.6 Å². The lowest BCUT2D eigenvalue weighted by atomic mass is 10.1. The van der Waals surface area contributed by atoms with E-state index in [4.69, 9.17) is 0 Å². The van der Waals surface area contributed by atoms with E-state index in [9.17, 15) is 9.59 Å². The van der Waals surface area contributed by atoms with Gasteiger partial charge in [-0.15, -0.1) is 0 Å². The van der Waals surface area contributed by atoms with Crippen molar-refractivity contribution in [2.24, 2.45) is 0 Å². The molecule has 3 aromatic rings. The van der Waals surface area contributed by atoms with E-state index in [1.54, 1.807) is 22.7 Å². The minimum absolute atomic E-state index is 0.200. The van der Waals surface area contributed by atoms with Crippen LogP contribution in [0.5, 0.6) is 0 Å². The van der Waals surface area contributed by atoms with E-state index in [-0.39, 0.29) is 18.0 Å². The van der Waals surface area contributed by atoms with E-state index in [2.05, 4.69) is 30.9 Å². The SMILES string of the molecule is Cc1nc2ncnn2c(C)c1CCC(=O)NNC(=O)c1ccccn1. The largest absolute Gasteiger partial charge is 0.288 e. The van der Waals surface area contributed by atoms with Crippen molar-refractivity contribution in [3.63, 3.8) is 0 Å². The maximum Gasteiger partial charge on any atom is 0.288 e. The van der Waals surface area contributed by atoms with Crippen LogP contribution in [0.3, 0.4) is 0 Å². The summed E-state index contributed by atoms with van der Waals surface area (Å²) in [6.07, 6.45) is 3.63. The maximum atomic E-state index is 12.0. The molecule has 0 saturated heterocycles. The van der Waals surface area contributed by atoms with Crippen LogP contribution in [0.4, 0.5) is 0 Å². The van der Waals surface area contributed by atoms with Gasteiger partial charge in [0.2, 0.25) is 5.91 Å². The number of carbonyl (C=O) groups is 2. The molecule has 25 heavy (non-hydrogen) atoms. The Morgan fingerprint density at radius 1 is 1.16 bits per heavy atom. The van der Waals surface area contributed by atoms with Crippen molar-refractivity contribution < 1.29 is 9.59 Å². The topological polar surface area (TPSA) is 114 Å². The summed E-state index contributed by atoms with van der Waals surface area (Å²) < 4.78 is 1.64. The number of hydrogen-bond donors (Lipinski definition) is 2. The second-order valence-electron chi connectivity index (χ2n) is 5.45. The second kappa shape index (κ2) is 7.04. The minimum Gasteiger partial charge on any atom is -0.273 e. The molecule has 2 N–H and O–H groups in total. The Kier molecular flexibility index (Phi) is 4.64. The van der Waals surface area contributed by atoms with Crippen LogP contribution in [0, 0.1) is 13.8 Å². The molecule has 0 aliphatic rings. The summed E-state index contributed by atoms with van der Waals surface area (Å²) in [4.78, 5) is 36.2. The monoisotopic (exact) mass is 339 g/mol. The van der Waals surface area contributed by atoms with Gasteiger partial charge in [0, 0.05) is 24.0 Å².